The van der Waals surface area contributed by atoms with Gasteiger partial charge in [0.1, 0.15) is 0 Å². The number of nitrogens with zero attached hydrogens (tertiary/aromatic N) is 1. The Morgan fingerprint density at radius 2 is 1.96 bits per heavy atom. The first kappa shape index (κ1) is 14.4. The largest absolute Gasteiger partial charge is 0.416 e. The van der Waals surface area contributed by atoms with Crippen molar-refractivity contribution in [2.24, 2.45) is 11.8 Å². The summed E-state index contributed by atoms with van der Waals surface area (Å²) < 4.78 is 44.2. The molecule has 3 aliphatic rings. The van der Waals surface area contributed by atoms with E-state index in [1.165, 1.54) is 12.1 Å². The Kier molecular flexibility index (Phi) is 2.65. The maximum Gasteiger partial charge on any atom is 0.416 e. The third kappa shape index (κ3) is 1.83. The number of imide groups is 1. The smallest absolute Gasteiger partial charge is 0.362 e. The van der Waals surface area contributed by atoms with Crippen molar-refractivity contribution < 1.29 is 27.5 Å². The van der Waals surface area contributed by atoms with Gasteiger partial charge in [0, 0.05) is 0 Å². The normalized spacial score (nSPS) is 35.3. The van der Waals surface area contributed by atoms with Crippen molar-refractivity contribution >= 4 is 17.5 Å². The fourth-order valence-corrected chi connectivity index (χ4v) is 3.73. The van der Waals surface area contributed by atoms with E-state index in [4.69, 9.17) is 4.74 Å². The summed E-state index contributed by atoms with van der Waals surface area (Å²) in [5.74, 6) is -2.35. The molecule has 23 heavy (non-hydrogen) atoms. The minimum atomic E-state index is -4.53. The molecule has 120 valence electrons. The second-order valence-corrected chi connectivity index (χ2v) is 6.19. The Morgan fingerprint density at radius 1 is 1.22 bits per heavy atom. The van der Waals surface area contributed by atoms with Gasteiger partial charge in [-0.05, 0) is 25.1 Å². The molecule has 0 N–H and O–H groups in total. The van der Waals surface area contributed by atoms with Crippen LogP contribution in [0, 0.1) is 11.8 Å². The van der Waals surface area contributed by atoms with E-state index in [1.54, 1.807) is 19.1 Å². The quantitative estimate of drug-likeness (QED) is 0.589. The van der Waals surface area contributed by atoms with Crippen LogP contribution in [0.25, 0.3) is 0 Å². The number of carbonyl (C=O) groups is 2. The summed E-state index contributed by atoms with van der Waals surface area (Å²) in [6, 6.07) is 4.27. The number of rotatable bonds is 1. The molecule has 2 bridgehead atoms. The van der Waals surface area contributed by atoms with Gasteiger partial charge in [0.15, 0.2) is 0 Å². The van der Waals surface area contributed by atoms with E-state index in [-0.39, 0.29) is 5.69 Å². The van der Waals surface area contributed by atoms with E-state index in [2.05, 4.69) is 0 Å². The monoisotopic (exact) mass is 323 g/mol. The van der Waals surface area contributed by atoms with Crippen molar-refractivity contribution in [3.8, 4) is 0 Å². The van der Waals surface area contributed by atoms with Crippen LogP contribution in [0.2, 0.25) is 0 Å². The number of benzene rings is 1. The molecule has 3 heterocycles. The van der Waals surface area contributed by atoms with E-state index >= 15 is 0 Å². The van der Waals surface area contributed by atoms with E-state index in [9.17, 15) is 22.8 Å². The third-order valence-corrected chi connectivity index (χ3v) is 4.76. The molecule has 0 unspecified atom stereocenters. The highest BCUT2D eigenvalue weighted by Gasteiger charge is 2.66. The molecule has 1 aromatic rings. The topological polar surface area (TPSA) is 46.6 Å². The first-order chi connectivity index (χ1) is 10.7. The van der Waals surface area contributed by atoms with Gasteiger partial charge in [-0.1, -0.05) is 18.2 Å². The summed E-state index contributed by atoms with van der Waals surface area (Å²) in [5.41, 5.74) is -1.80. The van der Waals surface area contributed by atoms with Crippen molar-refractivity contribution in [3.63, 3.8) is 0 Å². The predicted octanol–water partition coefficient (Wildman–Crippen LogP) is 2.54. The number of anilines is 1. The fourth-order valence-electron chi connectivity index (χ4n) is 3.73. The number of ether oxygens (including phenoxy) is 1. The summed E-state index contributed by atoms with van der Waals surface area (Å²) in [4.78, 5) is 26.1. The lowest BCUT2D eigenvalue weighted by Crippen LogP contribution is -2.38. The van der Waals surface area contributed by atoms with Gasteiger partial charge in [-0.15, -0.1) is 0 Å². The molecule has 2 fully saturated rings. The Balaban J connectivity index is 1.75. The summed E-state index contributed by atoms with van der Waals surface area (Å²) in [5, 5.41) is 0. The van der Waals surface area contributed by atoms with Gasteiger partial charge in [0.05, 0.1) is 34.8 Å². The van der Waals surface area contributed by atoms with Crippen LogP contribution in [0.5, 0.6) is 0 Å². The maximum atomic E-state index is 12.9. The van der Waals surface area contributed by atoms with E-state index in [0.29, 0.717) is 0 Å². The molecule has 4 atom stereocenters. The highest BCUT2D eigenvalue weighted by Crippen LogP contribution is 2.52. The molecule has 0 spiro atoms. The highest BCUT2D eigenvalue weighted by molar-refractivity contribution is 6.23. The van der Waals surface area contributed by atoms with Gasteiger partial charge >= 0.3 is 6.18 Å². The molecule has 7 heteroatoms. The molecule has 1 aromatic carbocycles. The standard InChI is InChI=1S/C16H12F3NO3/c1-15-6-5-10(23-15)11-12(15)14(22)20(13(11)21)9-4-2-3-8(7-9)16(17,18)19/h2-7,10-12H,1H3/t10-,11-,12+,15-/m0/s1. The van der Waals surface area contributed by atoms with Gasteiger partial charge in [-0.25, -0.2) is 4.90 Å². The summed E-state index contributed by atoms with van der Waals surface area (Å²) in [6.45, 7) is 1.72. The van der Waals surface area contributed by atoms with Gasteiger partial charge in [-0.3, -0.25) is 9.59 Å². The summed E-state index contributed by atoms with van der Waals surface area (Å²) >= 11 is 0. The Hall–Kier alpha value is -2.15. The van der Waals surface area contributed by atoms with E-state index in [0.717, 1.165) is 17.0 Å². The van der Waals surface area contributed by atoms with Crippen molar-refractivity contribution in [1.82, 2.24) is 0 Å². The molecule has 0 aliphatic carbocycles. The fraction of sp³-hybridized carbons (Fsp3) is 0.375. The zero-order valence-electron chi connectivity index (χ0n) is 12.0. The molecule has 2 saturated heterocycles. The molecule has 4 nitrogen and oxygen atoms in total. The molecule has 0 aromatic heterocycles. The lowest BCUT2D eigenvalue weighted by Gasteiger charge is -2.24. The molecular formula is C16H12F3NO3. The van der Waals surface area contributed by atoms with Crippen LogP contribution in [0.1, 0.15) is 12.5 Å². The average Bonchev–Trinajstić information content (AvgIpc) is 3.07. The lowest BCUT2D eigenvalue weighted by molar-refractivity contribution is -0.137. The molecule has 0 radical (unpaired) electrons. The third-order valence-electron chi connectivity index (χ3n) is 4.76. The maximum absolute atomic E-state index is 12.9. The van der Waals surface area contributed by atoms with Gasteiger partial charge in [-0.2, -0.15) is 13.2 Å². The van der Waals surface area contributed by atoms with Gasteiger partial charge in [0.2, 0.25) is 11.8 Å². The van der Waals surface area contributed by atoms with Crippen LogP contribution >= 0.6 is 0 Å². The van der Waals surface area contributed by atoms with Crippen LogP contribution < -0.4 is 4.90 Å². The van der Waals surface area contributed by atoms with Crippen molar-refractivity contribution in [3.05, 3.63) is 42.0 Å². The lowest BCUT2D eigenvalue weighted by atomic mass is 9.78. The number of hydrogen-bond donors (Lipinski definition) is 0. The second kappa shape index (κ2) is 4.23. The molecule has 0 saturated carbocycles. The van der Waals surface area contributed by atoms with Crippen molar-refractivity contribution in [2.75, 3.05) is 4.90 Å². The Bertz CT molecular complexity index is 757. The highest BCUT2D eigenvalue weighted by atomic mass is 19.4. The first-order valence-electron chi connectivity index (χ1n) is 7.15. The van der Waals surface area contributed by atoms with Crippen LogP contribution in [0.15, 0.2) is 36.4 Å². The molecule has 4 rings (SSSR count). The second-order valence-electron chi connectivity index (χ2n) is 6.19. The van der Waals surface area contributed by atoms with E-state index in [1.807, 2.05) is 0 Å². The van der Waals surface area contributed by atoms with Crippen molar-refractivity contribution in [1.29, 1.82) is 0 Å². The first-order valence-corrected chi connectivity index (χ1v) is 7.15. The molecular weight excluding hydrogens is 311 g/mol. The molecule has 2 amide bonds. The minimum Gasteiger partial charge on any atom is -0.362 e. The zero-order chi connectivity index (χ0) is 16.6. The van der Waals surface area contributed by atoms with Crippen LogP contribution in [0.4, 0.5) is 18.9 Å². The number of carbonyl (C=O) groups excluding carboxylic acids is 2. The molecule has 3 aliphatic heterocycles. The summed E-state index contributed by atoms with van der Waals surface area (Å²) in [7, 11) is 0. The van der Waals surface area contributed by atoms with Gasteiger partial charge in [0.25, 0.3) is 0 Å². The average molecular weight is 323 g/mol. The van der Waals surface area contributed by atoms with Gasteiger partial charge < -0.3 is 4.74 Å². The number of hydrogen-bond acceptors (Lipinski definition) is 3. The SMILES string of the molecule is C[C@@]12C=C[C@H](O1)[C@@H]1C(=O)N(c3cccc(C(F)(F)F)c3)C(=O)[C@@H]12. The Morgan fingerprint density at radius 3 is 2.61 bits per heavy atom. The van der Waals surface area contributed by atoms with E-state index < -0.39 is 47.1 Å². The van der Waals surface area contributed by atoms with Crippen LogP contribution in [0.3, 0.4) is 0 Å². The number of halogens is 3. The van der Waals surface area contributed by atoms with Crippen LogP contribution in [-0.2, 0) is 20.5 Å². The van der Waals surface area contributed by atoms with Crippen molar-refractivity contribution in [2.45, 2.75) is 24.8 Å². The Labute approximate surface area is 129 Å². The number of fused-ring (bicyclic) bond motifs is 5. The number of amides is 2. The predicted molar refractivity (Wildman–Crippen MR) is 73.3 cm³/mol. The number of alkyl halides is 3. The summed E-state index contributed by atoms with van der Waals surface area (Å²) in [6.07, 6.45) is -1.54. The minimum absolute atomic E-state index is 0.0489. The zero-order valence-corrected chi connectivity index (χ0v) is 12.0. The van der Waals surface area contributed by atoms with Crippen LogP contribution in [-0.4, -0.2) is 23.5 Å².